The normalized spacial score (nSPS) is 19.6. The van der Waals surface area contributed by atoms with Crippen molar-refractivity contribution < 1.29 is 4.79 Å². The predicted octanol–water partition coefficient (Wildman–Crippen LogP) is 6.30. The van der Waals surface area contributed by atoms with E-state index in [1.807, 2.05) is 0 Å². The van der Waals surface area contributed by atoms with Crippen LogP contribution >= 0.6 is 12.4 Å². The summed E-state index contributed by atoms with van der Waals surface area (Å²) in [5.74, 6) is 2.22. The Morgan fingerprint density at radius 1 is 0.714 bits per heavy atom. The summed E-state index contributed by atoms with van der Waals surface area (Å²) in [5.41, 5.74) is 0. The average molecular weight is 415 g/mol. The van der Waals surface area contributed by atoms with Crippen LogP contribution in [0.25, 0.3) is 0 Å². The molecular formula is C24H47ClN2O. The molecule has 2 aliphatic heterocycles. The average Bonchev–Trinajstić information content (AvgIpc) is 2.70. The Bertz CT molecular complexity index is 388. The van der Waals surface area contributed by atoms with Crippen LogP contribution in [0, 0.1) is 11.8 Å². The molecule has 166 valence electrons. The minimum absolute atomic E-state index is 0. The lowest BCUT2D eigenvalue weighted by Crippen LogP contribution is -2.42. The second kappa shape index (κ2) is 15.5. The molecule has 0 bridgehead atoms. The van der Waals surface area contributed by atoms with Gasteiger partial charge in [0.1, 0.15) is 0 Å². The first kappa shape index (κ1) is 25.8. The van der Waals surface area contributed by atoms with E-state index in [-0.39, 0.29) is 12.4 Å². The zero-order valence-electron chi connectivity index (χ0n) is 18.8. The number of halogens is 1. The first-order valence-electron chi connectivity index (χ1n) is 12.2. The highest BCUT2D eigenvalue weighted by atomic mass is 35.5. The Kier molecular flexibility index (Phi) is 14.3. The Balaban J connectivity index is 0.00000392. The quantitative estimate of drug-likeness (QED) is 0.350. The standard InChI is InChI=1S/C24H46N2O.ClH/c1-3-4-5-6-7-8-9-10-11-12-13-24(27)26-20-16-23(17-21-26)22-14-18-25(2)19-15-22;/h22-23H,3-21H2,1-2H3;1H. The molecule has 4 heteroatoms. The van der Waals surface area contributed by atoms with Gasteiger partial charge in [-0.25, -0.2) is 0 Å². The maximum absolute atomic E-state index is 12.5. The number of carbonyl (C=O) groups excluding carboxylic acids is 1. The van der Waals surface area contributed by atoms with E-state index >= 15 is 0 Å². The minimum atomic E-state index is 0. The molecule has 0 saturated carbocycles. The molecular weight excluding hydrogens is 368 g/mol. The second-order valence-corrected chi connectivity index (χ2v) is 9.29. The molecule has 28 heavy (non-hydrogen) atoms. The topological polar surface area (TPSA) is 23.6 Å². The Labute approximate surface area is 181 Å². The van der Waals surface area contributed by atoms with Crippen LogP contribution in [0.15, 0.2) is 0 Å². The van der Waals surface area contributed by atoms with Gasteiger partial charge >= 0.3 is 0 Å². The largest absolute Gasteiger partial charge is 0.343 e. The molecule has 1 amide bonds. The Morgan fingerprint density at radius 3 is 1.64 bits per heavy atom. The molecule has 0 N–H and O–H groups in total. The van der Waals surface area contributed by atoms with E-state index in [0.29, 0.717) is 5.91 Å². The van der Waals surface area contributed by atoms with E-state index in [1.165, 1.54) is 96.6 Å². The number of likely N-dealkylation sites (tertiary alicyclic amines) is 2. The molecule has 0 unspecified atom stereocenters. The van der Waals surface area contributed by atoms with Gasteiger partial charge in [-0.3, -0.25) is 4.79 Å². The lowest BCUT2D eigenvalue weighted by Gasteiger charge is -2.39. The van der Waals surface area contributed by atoms with Gasteiger partial charge in [0, 0.05) is 19.5 Å². The van der Waals surface area contributed by atoms with Gasteiger partial charge in [-0.2, -0.15) is 0 Å². The maximum Gasteiger partial charge on any atom is 0.222 e. The van der Waals surface area contributed by atoms with Crippen LogP contribution in [0.1, 0.15) is 103 Å². The molecule has 0 atom stereocenters. The number of amides is 1. The first-order chi connectivity index (χ1) is 13.2. The van der Waals surface area contributed by atoms with Crippen molar-refractivity contribution in [3.8, 4) is 0 Å². The fourth-order valence-corrected chi connectivity index (χ4v) is 5.04. The van der Waals surface area contributed by atoms with Gasteiger partial charge < -0.3 is 9.80 Å². The number of hydrogen-bond donors (Lipinski definition) is 0. The Hall–Kier alpha value is -0.280. The van der Waals surface area contributed by atoms with E-state index in [1.54, 1.807) is 0 Å². The van der Waals surface area contributed by atoms with Gasteiger partial charge in [-0.05, 0) is 64.1 Å². The molecule has 2 fully saturated rings. The third-order valence-corrected chi connectivity index (χ3v) is 7.07. The van der Waals surface area contributed by atoms with Gasteiger partial charge in [0.2, 0.25) is 5.91 Å². The van der Waals surface area contributed by atoms with Gasteiger partial charge in [-0.15, -0.1) is 12.4 Å². The Morgan fingerprint density at radius 2 is 1.14 bits per heavy atom. The van der Waals surface area contributed by atoms with Crippen molar-refractivity contribution in [1.29, 1.82) is 0 Å². The van der Waals surface area contributed by atoms with Crippen LogP contribution in [-0.2, 0) is 4.79 Å². The highest BCUT2D eigenvalue weighted by Gasteiger charge is 2.29. The second-order valence-electron chi connectivity index (χ2n) is 9.29. The van der Waals surface area contributed by atoms with Crippen LogP contribution in [-0.4, -0.2) is 48.9 Å². The highest BCUT2D eigenvalue weighted by molar-refractivity contribution is 5.85. The highest BCUT2D eigenvalue weighted by Crippen LogP contribution is 2.32. The molecule has 2 heterocycles. The predicted molar refractivity (Wildman–Crippen MR) is 123 cm³/mol. The van der Waals surface area contributed by atoms with Crippen LogP contribution in [0.3, 0.4) is 0 Å². The van der Waals surface area contributed by atoms with Gasteiger partial charge in [0.05, 0.1) is 0 Å². The molecule has 0 radical (unpaired) electrons. The number of hydrogen-bond acceptors (Lipinski definition) is 2. The molecule has 0 aromatic heterocycles. The number of rotatable bonds is 12. The summed E-state index contributed by atoms with van der Waals surface area (Å²) in [6, 6.07) is 0. The summed E-state index contributed by atoms with van der Waals surface area (Å²) in [6.07, 6.45) is 19.4. The minimum Gasteiger partial charge on any atom is -0.343 e. The van der Waals surface area contributed by atoms with Crippen LogP contribution < -0.4 is 0 Å². The zero-order valence-corrected chi connectivity index (χ0v) is 19.6. The van der Waals surface area contributed by atoms with E-state index in [0.717, 1.165) is 37.8 Å². The third-order valence-electron chi connectivity index (χ3n) is 7.07. The molecule has 2 saturated heterocycles. The summed E-state index contributed by atoms with van der Waals surface area (Å²) < 4.78 is 0. The molecule has 0 spiro atoms. The van der Waals surface area contributed by atoms with E-state index in [2.05, 4.69) is 23.8 Å². The first-order valence-corrected chi connectivity index (χ1v) is 12.2. The van der Waals surface area contributed by atoms with Crippen molar-refractivity contribution in [2.75, 3.05) is 33.2 Å². The summed E-state index contributed by atoms with van der Waals surface area (Å²) in [4.78, 5) is 17.1. The molecule has 2 aliphatic rings. The number of unbranched alkanes of at least 4 members (excludes halogenated alkanes) is 9. The fraction of sp³-hybridized carbons (Fsp3) is 0.958. The van der Waals surface area contributed by atoms with Crippen molar-refractivity contribution in [2.45, 2.75) is 103 Å². The lowest BCUT2D eigenvalue weighted by atomic mass is 9.79. The molecule has 0 aromatic rings. The van der Waals surface area contributed by atoms with Crippen molar-refractivity contribution >= 4 is 18.3 Å². The van der Waals surface area contributed by atoms with Crippen molar-refractivity contribution in [3.05, 3.63) is 0 Å². The van der Waals surface area contributed by atoms with E-state index < -0.39 is 0 Å². The molecule has 0 aliphatic carbocycles. The maximum atomic E-state index is 12.5. The number of nitrogens with zero attached hydrogens (tertiary/aromatic N) is 2. The van der Waals surface area contributed by atoms with Crippen LogP contribution in [0.4, 0.5) is 0 Å². The van der Waals surface area contributed by atoms with Gasteiger partial charge in [0.25, 0.3) is 0 Å². The van der Waals surface area contributed by atoms with Crippen molar-refractivity contribution in [3.63, 3.8) is 0 Å². The third kappa shape index (κ3) is 9.96. The number of carbonyl (C=O) groups is 1. The van der Waals surface area contributed by atoms with Crippen LogP contribution in [0.5, 0.6) is 0 Å². The fourth-order valence-electron chi connectivity index (χ4n) is 5.04. The van der Waals surface area contributed by atoms with Crippen molar-refractivity contribution in [1.82, 2.24) is 9.80 Å². The van der Waals surface area contributed by atoms with Gasteiger partial charge in [-0.1, -0.05) is 64.7 Å². The van der Waals surface area contributed by atoms with E-state index in [4.69, 9.17) is 0 Å². The summed E-state index contributed by atoms with van der Waals surface area (Å²) >= 11 is 0. The van der Waals surface area contributed by atoms with E-state index in [9.17, 15) is 4.79 Å². The number of piperidine rings is 2. The molecule has 3 nitrogen and oxygen atoms in total. The SMILES string of the molecule is CCCCCCCCCCCCC(=O)N1CCC(C2CCN(C)CC2)CC1.Cl. The summed E-state index contributed by atoms with van der Waals surface area (Å²) in [6.45, 7) is 6.85. The molecule has 0 aromatic carbocycles. The summed E-state index contributed by atoms with van der Waals surface area (Å²) in [5, 5.41) is 0. The summed E-state index contributed by atoms with van der Waals surface area (Å²) in [7, 11) is 2.24. The smallest absolute Gasteiger partial charge is 0.222 e. The van der Waals surface area contributed by atoms with Crippen LogP contribution in [0.2, 0.25) is 0 Å². The zero-order chi connectivity index (χ0) is 19.3. The molecule has 2 rings (SSSR count). The van der Waals surface area contributed by atoms with Gasteiger partial charge in [0.15, 0.2) is 0 Å². The lowest BCUT2D eigenvalue weighted by molar-refractivity contribution is -0.133. The monoisotopic (exact) mass is 414 g/mol. The van der Waals surface area contributed by atoms with Crippen molar-refractivity contribution in [2.24, 2.45) is 11.8 Å².